The summed E-state index contributed by atoms with van der Waals surface area (Å²) in [5.41, 5.74) is 10.4. The van der Waals surface area contributed by atoms with Crippen LogP contribution in [0.3, 0.4) is 0 Å². The molecule has 6 N–H and O–H groups in total. The summed E-state index contributed by atoms with van der Waals surface area (Å²) in [5, 5.41) is 0. The third-order valence-electron chi connectivity index (χ3n) is 3.66. The molecule has 3 fully saturated rings. The highest BCUT2D eigenvalue weighted by molar-refractivity contribution is 5.79. The van der Waals surface area contributed by atoms with E-state index in [1.54, 1.807) is 0 Å². The third kappa shape index (κ3) is 10.2. The number of hydrogen-bond donors (Lipinski definition) is 4. The largest absolute Gasteiger partial charge is 0.347 e. The lowest BCUT2D eigenvalue weighted by Gasteiger charge is -2.16. The van der Waals surface area contributed by atoms with Crippen LogP contribution >= 0.6 is 0 Å². The van der Waals surface area contributed by atoms with Crippen molar-refractivity contribution in [2.24, 2.45) is 11.8 Å². The molecule has 0 saturated carbocycles. The SMILES string of the molecule is C.CC1CCONC1=O.CC1CCONC1=O.[3H]F.[NH3+]C1CCONC1=O. The molecule has 0 aromatic rings. The standard InChI is InChI=1S/2C5H9NO2.C4H8N2O2.CH4.FH/c2*1-4-2-3-8-6-5(4)7;5-3-1-2-8-6-4(3)7;;/h2*4H,2-3H2,1H3,(H,6,7);3H,1-2,5H2,(H,6,7);1H4;1H/p+1/i/hT. The van der Waals surface area contributed by atoms with E-state index in [1.165, 1.54) is 0 Å². The van der Waals surface area contributed by atoms with Crippen molar-refractivity contribution in [3.8, 4) is 0 Å². The molecular weight excluding hydrogens is 351 g/mol. The van der Waals surface area contributed by atoms with Crippen LogP contribution < -0.4 is 22.2 Å². The van der Waals surface area contributed by atoms with Crippen molar-refractivity contribution in [1.82, 2.24) is 16.4 Å². The fourth-order valence-corrected chi connectivity index (χ4v) is 1.72. The zero-order valence-corrected chi connectivity index (χ0v) is 14.5. The number of quaternary nitrogens is 1. The van der Waals surface area contributed by atoms with Gasteiger partial charge in [0.05, 0.1) is 19.8 Å². The van der Waals surface area contributed by atoms with Crippen LogP contribution in [-0.2, 0) is 28.9 Å². The fraction of sp³-hybridized carbons (Fsp3) is 0.800. The minimum absolute atomic E-state index is 0. The molecule has 26 heavy (non-hydrogen) atoms. The zero-order valence-electron chi connectivity index (χ0n) is 15.5. The van der Waals surface area contributed by atoms with Crippen molar-refractivity contribution < 1.29 is 39.3 Å². The lowest BCUT2D eigenvalue weighted by Crippen LogP contribution is -2.69. The van der Waals surface area contributed by atoms with Crippen LogP contribution in [0.5, 0.6) is 0 Å². The maximum atomic E-state index is 10.6. The highest BCUT2D eigenvalue weighted by Gasteiger charge is 2.21. The average molecular weight is 385 g/mol. The lowest BCUT2D eigenvalue weighted by molar-refractivity contribution is -0.412. The van der Waals surface area contributed by atoms with Gasteiger partial charge in [0, 0.05) is 18.3 Å². The van der Waals surface area contributed by atoms with Gasteiger partial charge in [-0.05, 0) is 12.8 Å². The third-order valence-corrected chi connectivity index (χ3v) is 3.66. The Morgan fingerprint density at radius 1 is 0.846 bits per heavy atom. The second-order valence-electron chi connectivity index (χ2n) is 5.81. The second kappa shape index (κ2) is 14.4. The van der Waals surface area contributed by atoms with Gasteiger partial charge >= 0.3 is 5.91 Å². The molecule has 0 radical (unpaired) electrons. The average Bonchev–Trinajstić information content (AvgIpc) is 2.65. The van der Waals surface area contributed by atoms with Crippen molar-refractivity contribution in [3.05, 3.63) is 0 Å². The predicted octanol–water partition coefficient (Wildman–Crippen LogP) is -1.01. The van der Waals surface area contributed by atoms with Crippen molar-refractivity contribution >= 4 is 17.7 Å². The number of hydrogen-bond acceptors (Lipinski definition) is 6. The van der Waals surface area contributed by atoms with Crippen molar-refractivity contribution in [3.63, 3.8) is 0 Å². The molecule has 10 nitrogen and oxygen atoms in total. The van der Waals surface area contributed by atoms with E-state index in [9.17, 15) is 14.4 Å². The fourth-order valence-electron chi connectivity index (χ4n) is 1.72. The first kappa shape index (κ1) is 24.2. The van der Waals surface area contributed by atoms with Crippen molar-refractivity contribution in [1.29, 1.82) is 1.45 Å². The number of rotatable bonds is 0. The Kier molecular flexibility index (Phi) is 13.4. The first-order chi connectivity index (χ1) is 12.4. The maximum Gasteiger partial charge on any atom is 0.301 e. The van der Waals surface area contributed by atoms with E-state index in [0.717, 1.165) is 19.3 Å². The Balaban J connectivity index is 0. The minimum Gasteiger partial charge on any atom is -0.347 e. The molecule has 0 aromatic heterocycles. The molecule has 3 aliphatic rings. The molecule has 3 saturated heterocycles. The Morgan fingerprint density at radius 2 is 1.19 bits per heavy atom. The van der Waals surface area contributed by atoms with Gasteiger partial charge in [-0.2, -0.15) is 0 Å². The molecule has 3 aliphatic heterocycles. The molecule has 0 bridgehead atoms. The van der Waals surface area contributed by atoms with Gasteiger partial charge in [-0.1, -0.05) is 21.3 Å². The van der Waals surface area contributed by atoms with Gasteiger partial charge < -0.3 is 5.73 Å². The molecular formula is C15H32FN4O6+. The Labute approximate surface area is 154 Å². The van der Waals surface area contributed by atoms with Crippen LogP contribution in [0.15, 0.2) is 0 Å². The molecule has 3 unspecified atom stereocenters. The van der Waals surface area contributed by atoms with Crippen LogP contribution in [0.25, 0.3) is 0 Å². The van der Waals surface area contributed by atoms with E-state index >= 15 is 0 Å². The predicted molar refractivity (Wildman–Crippen MR) is 90.4 cm³/mol. The summed E-state index contributed by atoms with van der Waals surface area (Å²) in [6.45, 7) is 5.65. The van der Waals surface area contributed by atoms with Gasteiger partial charge in [0.2, 0.25) is 11.8 Å². The van der Waals surface area contributed by atoms with E-state index in [4.69, 9.17) is 4.72 Å². The Hall–Kier alpha value is -1.82. The van der Waals surface area contributed by atoms with E-state index in [0.29, 0.717) is 19.8 Å². The first-order valence-electron chi connectivity index (χ1n) is 8.37. The number of carbonyl (C=O) groups excluding carboxylic acids is 3. The summed E-state index contributed by atoms with van der Waals surface area (Å²) in [4.78, 5) is 45.5. The second-order valence-corrected chi connectivity index (χ2v) is 5.81. The molecule has 3 atom stereocenters. The Bertz CT molecular complexity index is 385. The molecule has 0 aliphatic carbocycles. The van der Waals surface area contributed by atoms with Gasteiger partial charge in [0.1, 0.15) is 0 Å². The summed E-state index contributed by atoms with van der Waals surface area (Å²) < 4.78 is 13.0. The van der Waals surface area contributed by atoms with Crippen LogP contribution in [0.1, 0.15) is 40.5 Å². The van der Waals surface area contributed by atoms with Gasteiger partial charge in [0.15, 0.2) is 6.04 Å². The minimum atomic E-state index is -0.122. The number of halogens is 1. The molecule has 11 heteroatoms. The number of carbonyl (C=O) groups is 3. The zero-order chi connectivity index (χ0) is 19.9. The molecule has 3 amide bonds. The summed E-state index contributed by atoms with van der Waals surface area (Å²) in [7, 11) is 0. The van der Waals surface area contributed by atoms with Crippen LogP contribution in [0.2, 0.25) is 0 Å². The molecule has 0 aromatic carbocycles. The first-order valence-corrected chi connectivity index (χ1v) is 7.99. The van der Waals surface area contributed by atoms with E-state index in [2.05, 4.69) is 38.1 Å². The number of hydroxylamine groups is 3. The van der Waals surface area contributed by atoms with Gasteiger partial charge in [0.25, 0.3) is 1.45 Å². The summed E-state index contributed by atoms with van der Waals surface area (Å²) >= 11 is 0. The monoisotopic (exact) mass is 385 g/mol. The van der Waals surface area contributed by atoms with E-state index < -0.39 is 0 Å². The molecule has 0 spiro atoms. The lowest BCUT2D eigenvalue weighted by atomic mass is 10.1. The molecule has 154 valence electrons. The smallest absolute Gasteiger partial charge is 0.301 e. The summed E-state index contributed by atoms with van der Waals surface area (Å²) in [6, 6.07) is -0.122. The van der Waals surface area contributed by atoms with Crippen LogP contribution in [0, 0.1) is 11.8 Å². The molecule has 3 heterocycles. The van der Waals surface area contributed by atoms with E-state index in [-0.39, 0.29) is 43.0 Å². The van der Waals surface area contributed by atoms with E-state index in [1.807, 2.05) is 13.8 Å². The topological polar surface area (TPSA) is 143 Å². The highest BCUT2D eigenvalue weighted by Crippen LogP contribution is 2.05. The number of nitrogens with one attached hydrogen (secondary N) is 3. The normalized spacial score (nSPS) is 27.6. The Morgan fingerprint density at radius 3 is 1.38 bits per heavy atom. The van der Waals surface area contributed by atoms with Crippen LogP contribution in [0.4, 0.5) is 4.72 Å². The van der Waals surface area contributed by atoms with Crippen molar-refractivity contribution in [2.45, 2.75) is 46.6 Å². The van der Waals surface area contributed by atoms with Gasteiger partial charge in [-0.3, -0.25) is 33.6 Å². The van der Waals surface area contributed by atoms with Crippen molar-refractivity contribution in [2.75, 3.05) is 19.8 Å². The van der Waals surface area contributed by atoms with Gasteiger partial charge in [-0.25, -0.2) is 16.4 Å². The van der Waals surface area contributed by atoms with Crippen LogP contribution in [-0.4, -0.2) is 45.0 Å². The summed E-state index contributed by atoms with van der Waals surface area (Å²) in [6.07, 6.45) is 2.41. The number of amides is 3. The highest BCUT2D eigenvalue weighted by atomic mass is 19.0. The quantitative estimate of drug-likeness (QED) is 0.421. The van der Waals surface area contributed by atoms with Gasteiger partial charge in [-0.15, -0.1) is 0 Å². The summed E-state index contributed by atoms with van der Waals surface area (Å²) in [5.74, 6) is 0.135. The maximum absolute atomic E-state index is 10.6. The molecule has 3 rings (SSSR count).